The number of carbonyl (C=O) groups is 1. The Morgan fingerprint density at radius 3 is 2.40 bits per heavy atom. The number of rotatable bonds is 7. The molecule has 8 heteroatoms. The Kier molecular flexibility index (Phi) is 6.37. The summed E-state index contributed by atoms with van der Waals surface area (Å²) in [6.07, 6.45) is 2.35. The first-order chi connectivity index (χ1) is 11.8. The van der Waals surface area contributed by atoms with Gasteiger partial charge in [0, 0.05) is 31.9 Å². The molecule has 0 N–H and O–H groups in total. The van der Waals surface area contributed by atoms with E-state index in [0.717, 1.165) is 12.8 Å². The predicted molar refractivity (Wildman–Crippen MR) is 98.7 cm³/mol. The Bertz CT molecular complexity index is 715. The van der Waals surface area contributed by atoms with Gasteiger partial charge >= 0.3 is 0 Å². The Morgan fingerprint density at radius 1 is 1.24 bits per heavy atom. The van der Waals surface area contributed by atoms with Crippen LogP contribution in [0.25, 0.3) is 0 Å². The lowest BCUT2D eigenvalue weighted by Crippen LogP contribution is -2.36. The average Bonchev–Trinajstić information content (AvgIpc) is 2.92. The molecule has 25 heavy (non-hydrogen) atoms. The minimum Gasteiger partial charge on any atom is -0.340 e. The fourth-order valence-corrected chi connectivity index (χ4v) is 4.86. The molecule has 0 radical (unpaired) electrons. The van der Waals surface area contributed by atoms with Crippen molar-refractivity contribution in [3.8, 4) is 0 Å². The van der Waals surface area contributed by atoms with Gasteiger partial charge in [0.2, 0.25) is 5.95 Å². The number of amides is 1. The second-order valence-electron chi connectivity index (χ2n) is 6.65. The summed E-state index contributed by atoms with van der Waals surface area (Å²) in [5.41, 5.74) is 1.08. The SMILES string of the molecule is CCCN(CCC)C(=O)c1cc(C)nc(N(C)C2CCS(=O)(=O)C2)n1. The van der Waals surface area contributed by atoms with E-state index < -0.39 is 9.84 Å². The van der Waals surface area contributed by atoms with E-state index in [9.17, 15) is 13.2 Å². The van der Waals surface area contributed by atoms with Crippen molar-refractivity contribution in [3.05, 3.63) is 17.5 Å². The van der Waals surface area contributed by atoms with Crippen LogP contribution in [0.1, 0.15) is 49.3 Å². The predicted octanol–water partition coefficient (Wildman–Crippen LogP) is 1.67. The van der Waals surface area contributed by atoms with Crippen LogP contribution in [0.5, 0.6) is 0 Å². The average molecular weight is 369 g/mol. The van der Waals surface area contributed by atoms with Gasteiger partial charge in [-0.15, -0.1) is 0 Å². The Labute approximate surface area is 150 Å². The highest BCUT2D eigenvalue weighted by atomic mass is 32.2. The Morgan fingerprint density at radius 2 is 1.88 bits per heavy atom. The van der Waals surface area contributed by atoms with Crippen LogP contribution in [-0.4, -0.2) is 66.9 Å². The molecule has 1 aliphatic rings. The number of anilines is 1. The zero-order chi connectivity index (χ0) is 18.6. The lowest BCUT2D eigenvalue weighted by atomic mass is 10.2. The van der Waals surface area contributed by atoms with Crippen molar-refractivity contribution in [1.82, 2.24) is 14.9 Å². The van der Waals surface area contributed by atoms with Crippen molar-refractivity contribution >= 4 is 21.7 Å². The first-order valence-electron chi connectivity index (χ1n) is 8.85. The maximum absolute atomic E-state index is 12.8. The van der Waals surface area contributed by atoms with Crippen LogP contribution in [0.4, 0.5) is 5.95 Å². The van der Waals surface area contributed by atoms with Crippen molar-refractivity contribution in [2.45, 2.75) is 46.1 Å². The van der Waals surface area contributed by atoms with E-state index in [1.54, 1.807) is 18.0 Å². The molecule has 0 bridgehead atoms. The second kappa shape index (κ2) is 8.12. The summed E-state index contributed by atoms with van der Waals surface area (Å²) in [6, 6.07) is 1.56. The van der Waals surface area contributed by atoms with E-state index in [-0.39, 0.29) is 23.5 Å². The number of carbonyl (C=O) groups excluding carboxylic acids is 1. The highest BCUT2D eigenvalue weighted by Gasteiger charge is 2.32. The Balaban J connectivity index is 2.26. The fourth-order valence-electron chi connectivity index (χ4n) is 3.08. The summed E-state index contributed by atoms with van der Waals surface area (Å²) < 4.78 is 23.4. The third-order valence-electron chi connectivity index (χ3n) is 4.41. The van der Waals surface area contributed by atoms with E-state index in [1.807, 2.05) is 25.7 Å². The summed E-state index contributed by atoms with van der Waals surface area (Å²) >= 11 is 0. The molecule has 1 fully saturated rings. The van der Waals surface area contributed by atoms with Crippen LogP contribution in [0.2, 0.25) is 0 Å². The molecule has 7 nitrogen and oxygen atoms in total. The van der Waals surface area contributed by atoms with Gasteiger partial charge in [0.05, 0.1) is 11.5 Å². The molecule has 1 atom stereocenters. The van der Waals surface area contributed by atoms with Gasteiger partial charge in [0.15, 0.2) is 9.84 Å². The Hall–Kier alpha value is -1.70. The maximum atomic E-state index is 12.8. The highest BCUT2D eigenvalue weighted by molar-refractivity contribution is 7.91. The van der Waals surface area contributed by atoms with Gasteiger partial charge in [-0.05, 0) is 32.3 Å². The lowest BCUT2D eigenvalue weighted by molar-refractivity contribution is 0.0749. The molecule has 2 rings (SSSR count). The van der Waals surface area contributed by atoms with Crippen molar-refractivity contribution in [2.24, 2.45) is 0 Å². The number of sulfone groups is 1. The van der Waals surface area contributed by atoms with Gasteiger partial charge in [0.1, 0.15) is 5.69 Å². The van der Waals surface area contributed by atoms with E-state index >= 15 is 0 Å². The molecule has 1 aromatic rings. The highest BCUT2D eigenvalue weighted by Crippen LogP contribution is 2.21. The normalized spacial score (nSPS) is 19.0. The van der Waals surface area contributed by atoms with Gasteiger partial charge in [-0.3, -0.25) is 4.79 Å². The number of nitrogens with zero attached hydrogens (tertiary/aromatic N) is 4. The molecule has 1 amide bonds. The number of aryl methyl sites for hydroxylation is 1. The monoisotopic (exact) mass is 368 g/mol. The van der Waals surface area contributed by atoms with Crippen molar-refractivity contribution in [2.75, 3.05) is 36.5 Å². The van der Waals surface area contributed by atoms with Crippen LogP contribution in [0, 0.1) is 6.92 Å². The van der Waals surface area contributed by atoms with Crippen molar-refractivity contribution in [3.63, 3.8) is 0 Å². The minimum absolute atomic E-state index is 0.0945. The van der Waals surface area contributed by atoms with Gasteiger partial charge in [0.25, 0.3) is 5.91 Å². The number of hydrogen-bond donors (Lipinski definition) is 0. The van der Waals surface area contributed by atoms with Gasteiger partial charge < -0.3 is 9.80 Å². The molecule has 140 valence electrons. The molecule has 0 saturated carbocycles. The molecular weight excluding hydrogens is 340 g/mol. The second-order valence-corrected chi connectivity index (χ2v) is 8.88. The van der Waals surface area contributed by atoms with Gasteiger partial charge in [-0.1, -0.05) is 13.8 Å². The lowest BCUT2D eigenvalue weighted by Gasteiger charge is -2.25. The summed E-state index contributed by atoms with van der Waals surface area (Å²) in [5.74, 6) is 0.628. The summed E-state index contributed by atoms with van der Waals surface area (Å²) in [4.78, 5) is 25.2. The molecule has 0 aliphatic carbocycles. The molecule has 0 aromatic carbocycles. The van der Waals surface area contributed by atoms with Gasteiger partial charge in [-0.25, -0.2) is 18.4 Å². The van der Waals surface area contributed by atoms with Crippen LogP contribution >= 0.6 is 0 Å². The van der Waals surface area contributed by atoms with Crippen LogP contribution in [0.15, 0.2) is 6.07 Å². The van der Waals surface area contributed by atoms with Gasteiger partial charge in [-0.2, -0.15) is 0 Å². The van der Waals surface area contributed by atoms with Crippen LogP contribution in [-0.2, 0) is 9.84 Å². The first kappa shape index (κ1) is 19.6. The topological polar surface area (TPSA) is 83.5 Å². The number of hydrogen-bond acceptors (Lipinski definition) is 6. The molecule has 2 heterocycles. The van der Waals surface area contributed by atoms with E-state index in [1.165, 1.54) is 0 Å². The molecule has 1 unspecified atom stereocenters. The van der Waals surface area contributed by atoms with E-state index in [2.05, 4.69) is 9.97 Å². The van der Waals surface area contributed by atoms with Crippen molar-refractivity contribution < 1.29 is 13.2 Å². The smallest absolute Gasteiger partial charge is 0.272 e. The standard InChI is InChI=1S/C17H28N4O3S/c1-5-8-21(9-6-2)16(22)15-11-13(3)18-17(19-15)20(4)14-7-10-25(23,24)12-14/h11,14H,5-10,12H2,1-4H3. The van der Waals surface area contributed by atoms with E-state index in [0.29, 0.717) is 36.8 Å². The molecule has 1 aromatic heterocycles. The maximum Gasteiger partial charge on any atom is 0.272 e. The quantitative estimate of drug-likeness (QED) is 0.728. The largest absolute Gasteiger partial charge is 0.340 e. The molecule has 0 spiro atoms. The fraction of sp³-hybridized carbons (Fsp3) is 0.706. The molecular formula is C17H28N4O3S. The van der Waals surface area contributed by atoms with Crippen LogP contribution in [0.3, 0.4) is 0 Å². The third-order valence-corrected chi connectivity index (χ3v) is 6.16. The molecule has 1 saturated heterocycles. The summed E-state index contributed by atoms with van der Waals surface area (Å²) in [6.45, 7) is 7.30. The first-order valence-corrected chi connectivity index (χ1v) is 10.7. The third kappa shape index (κ3) is 4.90. The molecule has 1 aliphatic heterocycles. The van der Waals surface area contributed by atoms with E-state index in [4.69, 9.17) is 0 Å². The number of aromatic nitrogens is 2. The van der Waals surface area contributed by atoms with Crippen LogP contribution < -0.4 is 4.90 Å². The zero-order valence-electron chi connectivity index (χ0n) is 15.5. The summed E-state index contributed by atoms with van der Waals surface area (Å²) in [7, 11) is -1.19. The van der Waals surface area contributed by atoms with Crippen molar-refractivity contribution in [1.29, 1.82) is 0 Å². The zero-order valence-corrected chi connectivity index (χ0v) is 16.3. The minimum atomic E-state index is -2.99. The summed E-state index contributed by atoms with van der Waals surface area (Å²) in [5, 5.41) is 0.